The molecule has 1 heterocycles. The molecule has 2 aliphatic rings. The summed E-state index contributed by atoms with van der Waals surface area (Å²) in [6, 6.07) is 0.618. The molecule has 0 aromatic carbocycles. The van der Waals surface area contributed by atoms with E-state index in [1.807, 2.05) is 0 Å². The zero-order valence-corrected chi connectivity index (χ0v) is 10.5. The Kier molecular flexibility index (Phi) is 2.82. The summed E-state index contributed by atoms with van der Waals surface area (Å²) in [5.41, 5.74) is 0. The second kappa shape index (κ2) is 3.72. The molecule has 1 saturated heterocycles. The van der Waals surface area contributed by atoms with Crippen molar-refractivity contribution in [3.05, 3.63) is 0 Å². The molecule has 0 radical (unpaired) electrons. The summed E-state index contributed by atoms with van der Waals surface area (Å²) >= 11 is 0. The number of hydrogen-bond acceptors (Lipinski definition) is 2. The van der Waals surface area contributed by atoms with E-state index in [1.54, 1.807) is 0 Å². The Hall–Kier alpha value is -0.120. The third-order valence-corrected chi connectivity index (χ3v) is 4.13. The molecule has 0 bridgehead atoms. The fraction of sp³-hybridized carbons (Fsp3) is 1.00. The van der Waals surface area contributed by atoms with Crippen LogP contribution in [0.15, 0.2) is 0 Å². The SMILES string of the molecule is CCC[N+](CC)(CC)C1C2OC21OCC. The molecule has 2 rings (SSSR count). The standard InChI is InChI=1S/C12H24NO2/c1-5-9-13(6-2,7-3)10-11-12(10,15-11)14-8-4/h10-11H,5-9H2,1-4H3/q+1. The first-order valence-electron chi connectivity index (χ1n) is 6.38. The monoisotopic (exact) mass is 214 g/mol. The van der Waals surface area contributed by atoms with Crippen molar-refractivity contribution < 1.29 is 14.0 Å². The van der Waals surface area contributed by atoms with Crippen LogP contribution in [0.3, 0.4) is 0 Å². The minimum atomic E-state index is -0.157. The lowest BCUT2D eigenvalue weighted by Crippen LogP contribution is -2.55. The first-order chi connectivity index (χ1) is 7.20. The molecule has 0 amide bonds. The van der Waals surface area contributed by atoms with Gasteiger partial charge in [0.1, 0.15) is 0 Å². The topological polar surface area (TPSA) is 21.8 Å². The van der Waals surface area contributed by atoms with Crippen LogP contribution in [0.25, 0.3) is 0 Å². The number of hydrogen-bond donors (Lipinski definition) is 0. The van der Waals surface area contributed by atoms with Gasteiger partial charge >= 0.3 is 0 Å². The van der Waals surface area contributed by atoms with Crippen LogP contribution >= 0.6 is 0 Å². The number of ether oxygens (including phenoxy) is 2. The van der Waals surface area contributed by atoms with Crippen LogP contribution in [-0.4, -0.2) is 48.7 Å². The molecule has 1 aliphatic carbocycles. The van der Waals surface area contributed by atoms with E-state index in [4.69, 9.17) is 9.47 Å². The van der Waals surface area contributed by atoms with Gasteiger partial charge in [0.05, 0.1) is 19.6 Å². The van der Waals surface area contributed by atoms with E-state index in [1.165, 1.54) is 30.5 Å². The van der Waals surface area contributed by atoms with Crippen LogP contribution in [-0.2, 0) is 9.47 Å². The minimum absolute atomic E-state index is 0.157. The molecular weight excluding hydrogens is 190 g/mol. The molecule has 3 heteroatoms. The predicted molar refractivity (Wildman–Crippen MR) is 59.5 cm³/mol. The van der Waals surface area contributed by atoms with Gasteiger partial charge in [-0.2, -0.15) is 0 Å². The summed E-state index contributed by atoms with van der Waals surface area (Å²) in [5.74, 6) is -0.157. The summed E-state index contributed by atoms with van der Waals surface area (Å²) < 4.78 is 12.5. The van der Waals surface area contributed by atoms with E-state index < -0.39 is 0 Å². The minimum Gasteiger partial charge on any atom is -0.343 e. The largest absolute Gasteiger partial charge is 0.343 e. The lowest BCUT2D eigenvalue weighted by atomic mass is 10.2. The third kappa shape index (κ3) is 1.44. The number of likely N-dealkylation sites (N-methyl/N-ethyl adjacent to an activating group) is 1. The molecule has 0 aromatic rings. The second-order valence-electron chi connectivity index (χ2n) is 4.71. The zero-order valence-electron chi connectivity index (χ0n) is 10.5. The van der Waals surface area contributed by atoms with Crippen molar-refractivity contribution in [2.24, 2.45) is 0 Å². The van der Waals surface area contributed by atoms with E-state index in [0.717, 1.165) is 6.61 Å². The molecule has 0 N–H and O–H groups in total. The fourth-order valence-corrected chi connectivity index (χ4v) is 3.14. The Morgan fingerprint density at radius 3 is 2.27 bits per heavy atom. The van der Waals surface area contributed by atoms with E-state index in [-0.39, 0.29) is 5.79 Å². The van der Waals surface area contributed by atoms with E-state index in [2.05, 4.69) is 27.7 Å². The van der Waals surface area contributed by atoms with Crippen molar-refractivity contribution in [3.63, 3.8) is 0 Å². The van der Waals surface area contributed by atoms with E-state index in [9.17, 15) is 0 Å². The van der Waals surface area contributed by atoms with Crippen molar-refractivity contribution in [1.29, 1.82) is 0 Å². The highest BCUT2D eigenvalue weighted by Crippen LogP contribution is 2.65. The molecule has 15 heavy (non-hydrogen) atoms. The summed E-state index contributed by atoms with van der Waals surface area (Å²) in [6.07, 6.45) is 1.65. The van der Waals surface area contributed by atoms with Crippen molar-refractivity contribution in [1.82, 2.24) is 0 Å². The van der Waals surface area contributed by atoms with Crippen molar-refractivity contribution in [2.75, 3.05) is 26.2 Å². The molecular formula is C12H24NO2+. The van der Waals surface area contributed by atoms with Gasteiger partial charge in [-0.3, -0.25) is 0 Å². The lowest BCUT2D eigenvalue weighted by Gasteiger charge is -2.39. The molecule has 3 unspecified atom stereocenters. The molecule has 3 nitrogen and oxygen atoms in total. The van der Waals surface area contributed by atoms with Crippen LogP contribution in [0.1, 0.15) is 34.1 Å². The van der Waals surface area contributed by atoms with Crippen LogP contribution in [0.4, 0.5) is 0 Å². The maximum Gasteiger partial charge on any atom is 0.258 e. The van der Waals surface area contributed by atoms with Gasteiger partial charge in [-0.25, -0.2) is 0 Å². The van der Waals surface area contributed by atoms with Gasteiger partial charge in [0, 0.05) is 6.61 Å². The molecule has 3 atom stereocenters. The molecule has 0 spiro atoms. The molecule has 0 aromatic heterocycles. The first kappa shape index (κ1) is 11.4. The highest BCUT2D eigenvalue weighted by molar-refractivity contribution is 5.25. The highest BCUT2D eigenvalue weighted by atomic mass is 16.8. The Morgan fingerprint density at radius 1 is 1.20 bits per heavy atom. The highest BCUT2D eigenvalue weighted by Gasteiger charge is 2.92. The third-order valence-electron chi connectivity index (χ3n) is 4.13. The van der Waals surface area contributed by atoms with Gasteiger partial charge in [-0.1, -0.05) is 6.92 Å². The molecule has 1 aliphatic heterocycles. The van der Waals surface area contributed by atoms with Gasteiger partial charge in [0.2, 0.25) is 0 Å². The van der Waals surface area contributed by atoms with Crippen LogP contribution in [0.2, 0.25) is 0 Å². The Morgan fingerprint density at radius 2 is 1.87 bits per heavy atom. The Balaban J connectivity index is 2.03. The number of rotatable bonds is 7. The van der Waals surface area contributed by atoms with Gasteiger partial charge in [-0.05, 0) is 27.2 Å². The summed E-state index contributed by atoms with van der Waals surface area (Å²) in [7, 11) is 0. The zero-order chi connectivity index (χ0) is 11.1. The predicted octanol–water partition coefficient (Wildman–Crippen LogP) is 1.77. The molecule has 1 saturated carbocycles. The fourth-order valence-electron chi connectivity index (χ4n) is 3.14. The number of nitrogens with zero attached hydrogens (tertiary/aromatic N) is 1. The number of epoxide rings is 1. The Bertz CT molecular complexity index is 240. The first-order valence-corrected chi connectivity index (χ1v) is 6.38. The summed E-state index contributed by atoms with van der Waals surface area (Å²) in [4.78, 5) is 0. The molecule has 88 valence electrons. The maximum atomic E-state index is 5.75. The van der Waals surface area contributed by atoms with Crippen LogP contribution < -0.4 is 0 Å². The van der Waals surface area contributed by atoms with E-state index in [0.29, 0.717) is 12.1 Å². The van der Waals surface area contributed by atoms with Crippen molar-refractivity contribution >= 4 is 0 Å². The average Bonchev–Trinajstić information content (AvgIpc) is 3.07. The van der Waals surface area contributed by atoms with Gasteiger partial charge in [-0.15, -0.1) is 0 Å². The van der Waals surface area contributed by atoms with Gasteiger partial charge in [0.25, 0.3) is 5.79 Å². The summed E-state index contributed by atoms with van der Waals surface area (Å²) in [5, 5.41) is 0. The maximum absolute atomic E-state index is 5.75. The van der Waals surface area contributed by atoms with Gasteiger partial charge < -0.3 is 14.0 Å². The Labute approximate surface area is 92.9 Å². The van der Waals surface area contributed by atoms with Crippen molar-refractivity contribution in [2.45, 2.75) is 52.0 Å². The smallest absolute Gasteiger partial charge is 0.258 e. The number of quaternary nitrogens is 1. The van der Waals surface area contributed by atoms with Crippen LogP contribution in [0, 0.1) is 0 Å². The van der Waals surface area contributed by atoms with Gasteiger partial charge in [0.15, 0.2) is 12.1 Å². The normalized spacial score (nSPS) is 37.6. The van der Waals surface area contributed by atoms with Crippen molar-refractivity contribution in [3.8, 4) is 0 Å². The quantitative estimate of drug-likeness (QED) is 0.476. The summed E-state index contributed by atoms with van der Waals surface area (Å²) in [6.45, 7) is 13.3. The molecule has 2 fully saturated rings. The number of fused-ring (bicyclic) bond motifs is 1. The lowest BCUT2D eigenvalue weighted by molar-refractivity contribution is -0.945. The second-order valence-corrected chi connectivity index (χ2v) is 4.71. The average molecular weight is 214 g/mol. The van der Waals surface area contributed by atoms with E-state index >= 15 is 0 Å². The van der Waals surface area contributed by atoms with Crippen LogP contribution in [0.5, 0.6) is 0 Å².